The van der Waals surface area contributed by atoms with Gasteiger partial charge in [0.2, 0.25) is 0 Å². The van der Waals surface area contributed by atoms with E-state index in [0.717, 1.165) is 10.2 Å². The molecule has 5 nitrogen and oxygen atoms in total. The van der Waals surface area contributed by atoms with Gasteiger partial charge in [-0.15, -0.1) is 0 Å². The molecule has 0 aliphatic heterocycles. The molecule has 2 rings (SSSR count). The Kier molecular flexibility index (Phi) is 2.93. The van der Waals surface area contributed by atoms with E-state index in [0.29, 0.717) is 11.1 Å². The van der Waals surface area contributed by atoms with Gasteiger partial charge >= 0.3 is 0 Å². The fourth-order valence-electron chi connectivity index (χ4n) is 1.34. The zero-order chi connectivity index (χ0) is 12.4. The van der Waals surface area contributed by atoms with Crippen LogP contribution in [0.4, 0.5) is 0 Å². The van der Waals surface area contributed by atoms with Crippen molar-refractivity contribution < 1.29 is 4.79 Å². The second kappa shape index (κ2) is 4.39. The molecule has 1 aromatic carbocycles. The fraction of sp³-hybridized carbons (Fsp3) is 0. The van der Waals surface area contributed by atoms with Gasteiger partial charge in [0.15, 0.2) is 0 Å². The average molecular weight is 291 g/mol. The predicted octanol–water partition coefficient (Wildman–Crippen LogP) is 1.61. The minimum Gasteiger partial charge on any atom is -0.366 e. The number of benzene rings is 1. The number of nitriles is 1. The van der Waals surface area contributed by atoms with Gasteiger partial charge in [-0.05, 0) is 34.1 Å². The van der Waals surface area contributed by atoms with Gasteiger partial charge in [0.1, 0.15) is 0 Å². The Balaban J connectivity index is 2.46. The largest absolute Gasteiger partial charge is 0.366 e. The second-order valence-corrected chi connectivity index (χ2v) is 4.17. The minimum atomic E-state index is -0.527. The zero-order valence-electron chi connectivity index (χ0n) is 8.59. The Morgan fingerprint density at radius 3 is 2.82 bits per heavy atom. The van der Waals surface area contributed by atoms with Crippen LogP contribution in [0.15, 0.2) is 35.1 Å². The molecule has 0 saturated carbocycles. The Labute approximate surface area is 106 Å². The Hall–Kier alpha value is -2.13. The van der Waals surface area contributed by atoms with E-state index in [2.05, 4.69) is 21.0 Å². The highest BCUT2D eigenvalue weighted by atomic mass is 79.9. The lowest BCUT2D eigenvalue weighted by molar-refractivity contribution is 0.100. The first-order valence-corrected chi connectivity index (χ1v) is 5.45. The maximum absolute atomic E-state index is 10.9. The molecule has 2 N–H and O–H groups in total. The van der Waals surface area contributed by atoms with Crippen LogP contribution in [0.25, 0.3) is 5.69 Å². The van der Waals surface area contributed by atoms with E-state index in [1.54, 1.807) is 18.2 Å². The third-order valence-electron chi connectivity index (χ3n) is 2.19. The third kappa shape index (κ3) is 2.19. The summed E-state index contributed by atoms with van der Waals surface area (Å²) in [7, 11) is 0. The molecule has 0 bridgehead atoms. The van der Waals surface area contributed by atoms with Crippen LogP contribution in [0.5, 0.6) is 0 Å². The molecule has 0 aliphatic carbocycles. The number of hydrogen-bond donors (Lipinski definition) is 1. The van der Waals surface area contributed by atoms with E-state index in [-0.39, 0.29) is 0 Å². The van der Waals surface area contributed by atoms with Crippen LogP contribution < -0.4 is 5.73 Å². The molecule has 0 saturated heterocycles. The molecule has 1 amide bonds. The normalized spacial score (nSPS) is 9.88. The van der Waals surface area contributed by atoms with E-state index in [1.807, 2.05) is 6.07 Å². The van der Waals surface area contributed by atoms with Crippen molar-refractivity contribution in [2.45, 2.75) is 0 Å². The van der Waals surface area contributed by atoms with Crippen molar-refractivity contribution in [2.24, 2.45) is 5.73 Å². The smallest absolute Gasteiger partial charge is 0.251 e. The summed E-state index contributed by atoms with van der Waals surface area (Å²) in [6, 6.07) is 7.13. The summed E-state index contributed by atoms with van der Waals surface area (Å²) < 4.78 is 2.24. The molecule has 2 aromatic rings. The van der Waals surface area contributed by atoms with E-state index >= 15 is 0 Å². The van der Waals surface area contributed by atoms with Gasteiger partial charge in [-0.3, -0.25) is 4.79 Å². The number of hydrogen-bond acceptors (Lipinski definition) is 3. The van der Waals surface area contributed by atoms with Crippen molar-refractivity contribution in [3.05, 3.63) is 46.2 Å². The summed E-state index contributed by atoms with van der Waals surface area (Å²) in [4.78, 5) is 10.9. The molecule has 6 heteroatoms. The lowest BCUT2D eigenvalue weighted by Gasteiger charge is -2.04. The molecular weight excluding hydrogens is 284 g/mol. The van der Waals surface area contributed by atoms with Gasteiger partial charge in [0, 0.05) is 10.7 Å². The summed E-state index contributed by atoms with van der Waals surface area (Å²) in [5.41, 5.74) is 6.75. The molecule has 0 unspecified atom stereocenters. The average Bonchev–Trinajstić information content (AvgIpc) is 2.78. The molecule has 1 heterocycles. The number of aromatic nitrogens is 2. The van der Waals surface area contributed by atoms with Crippen LogP contribution in [0.1, 0.15) is 15.9 Å². The maximum Gasteiger partial charge on any atom is 0.251 e. The fourth-order valence-corrected chi connectivity index (χ4v) is 1.90. The van der Waals surface area contributed by atoms with Gasteiger partial charge in [-0.2, -0.15) is 10.4 Å². The predicted molar refractivity (Wildman–Crippen MR) is 64.5 cm³/mol. The van der Waals surface area contributed by atoms with Crippen molar-refractivity contribution in [3.63, 3.8) is 0 Å². The van der Waals surface area contributed by atoms with Crippen molar-refractivity contribution in [1.29, 1.82) is 5.26 Å². The highest BCUT2D eigenvalue weighted by molar-refractivity contribution is 9.10. The number of rotatable bonds is 2. The molecule has 0 spiro atoms. The summed E-state index contributed by atoms with van der Waals surface area (Å²) in [6.45, 7) is 0. The second-order valence-electron chi connectivity index (χ2n) is 3.32. The molecular formula is C11H7BrN4O. The first-order valence-electron chi connectivity index (χ1n) is 4.66. The number of nitrogens with zero attached hydrogens (tertiary/aromatic N) is 3. The van der Waals surface area contributed by atoms with Gasteiger partial charge < -0.3 is 5.73 Å². The topological polar surface area (TPSA) is 84.7 Å². The number of primary amides is 1. The molecule has 1 aromatic heterocycles. The summed E-state index contributed by atoms with van der Waals surface area (Å²) >= 11 is 3.34. The van der Waals surface area contributed by atoms with Gasteiger partial charge in [0.25, 0.3) is 5.91 Å². The summed E-state index contributed by atoms with van der Waals surface area (Å²) in [5.74, 6) is -0.527. The lowest BCUT2D eigenvalue weighted by atomic mass is 10.2. The number of carbonyl (C=O) groups is 1. The maximum atomic E-state index is 10.9. The van der Waals surface area contributed by atoms with Crippen LogP contribution >= 0.6 is 15.9 Å². The van der Waals surface area contributed by atoms with E-state index in [4.69, 9.17) is 11.0 Å². The Bertz CT molecular complexity index is 627. The lowest BCUT2D eigenvalue weighted by Crippen LogP contribution is -2.09. The summed E-state index contributed by atoms with van der Waals surface area (Å²) in [6.07, 6.45) is 2.93. The quantitative estimate of drug-likeness (QED) is 0.912. The van der Waals surface area contributed by atoms with E-state index in [1.165, 1.54) is 17.1 Å². The molecule has 17 heavy (non-hydrogen) atoms. The SMILES string of the molecule is N#Cc1ccc(-n2cc(C(N)=O)cn2)c(Br)c1. The van der Waals surface area contributed by atoms with Gasteiger partial charge in [0.05, 0.1) is 29.1 Å². The summed E-state index contributed by atoms with van der Waals surface area (Å²) in [5, 5.41) is 12.8. The third-order valence-corrected chi connectivity index (χ3v) is 2.83. The Morgan fingerprint density at radius 2 is 2.29 bits per heavy atom. The van der Waals surface area contributed by atoms with Crippen LogP contribution in [-0.4, -0.2) is 15.7 Å². The standard InChI is InChI=1S/C11H7BrN4O/c12-9-3-7(4-13)1-2-10(9)16-6-8(5-15-16)11(14)17/h1-3,5-6H,(H2,14,17). The van der Waals surface area contributed by atoms with Crippen molar-refractivity contribution in [2.75, 3.05) is 0 Å². The molecule has 84 valence electrons. The first-order chi connectivity index (χ1) is 8.11. The number of nitrogens with two attached hydrogens (primary N) is 1. The monoisotopic (exact) mass is 290 g/mol. The minimum absolute atomic E-state index is 0.334. The Morgan fingerprint density at radius 1 is 1.53 bits per heavy atom. The van der Waals surface area contributed by atoms with E-state index < -0.39 is 5.91 Å². The highest BCUT2D eigenvalue weighted by Crippen LogP contribution is 2.22. The zero-order valence-corrected chi connectivity index (χ0v) is 10.2. The number of halogens is 1. The number of carbonyl (C=O) groups excluding carboxylic acids is 1. The van der Waals surface area contributed by atoms with Gasteiger partial charge in [-0.25, -0.2) is 4.68 Å². The van der Waals surface area contributed by atoms with Crippen molar-refractivity contribution in [1.82, 2.24) is 9.78 Å². The van der Waals surface area contributed by atoms with Crippen molar-refractivity contribution >= 4 is 21.8 Å². The molecule has 0 aliphatic rings. The number of amides is 1. The van der Waals surface area contributed by atoms with Crippen LogP contribution in [-0.2, 0) is 0 Å². The van der Waals surface area contributed by atoms with Crippen LogP contribution in [0, 0.1) is 11.3 Å². The van der Waals surface area contributed by atoms with Crippen LogP contribution in [0.3, 0.4) is 0 Å². The molecule has 0 fully saturated rings. The van der Waals surface area contributed by atoms with E-state index in [9.17, 15) is 4.79 Å². The van der Waals surface area contributed by atoms with Crippen LogP contribution in [0.2, 0.25) is 0 Å². The van der Waals surface area contributed by atoms with Gasteiger partial charge in [-0.1, -0.05) is 0 Å². The first kappa shape index (κ1) is 11.4. The molecule has 0 atom stereocenters. The highest BCUT2D eigenvalue weighted by Gasteiger charge is 2.08. The van der Waals surface area contributed by atoms with Crippen molar-refractivity contribution in [3.8, 4) is 11.8 Å². The molecule has 0 radical (unpaired) electrons.